The Bertz CT molecular complexity index is 716. The number of rotatable bonds is 4. The Morgan fingerprint density at radius 3 is 2.00 bits per heavy atom. The van der Waals surface area contributed by atoms with Crippen LogP contribution in [-0.2, 0) is 4.79 Å². The van der Waals surface area contributed by atoms with Crippen LogP contribution in [0.5, 0.6) is 0 Å². The average molecular weight is 326 g/mol. The molecule has 2 rings (SSSR count). The highest BCUT2D eigenvalue weighted by Crippen LogP contribution is 2.18. The zero-order chi connectivity index (χ0) is 17.7. The quantitative estimate of drug-likeness (QED) is 0.805. The van der Waals surface area contributed by atoms with E-state index in [1.54, 1.807) is 18.3 Å². The minimum atomic E-state index is -0.300. The highest BCUT2D eigenvalue weighted by Gasteiger charge is 2.15. The molecule has 0 aliphatic heterocycles. The van der Waals surface area contributed by atoms with Gasteiger partial charge in [0.15, 0.2) is 0 Å². The lowest BCUT2D eigenvalue weighted by Gasteiger charge is -2.20. The third kappa shape index (κ3) is 5.39. The first kappa shape index (κ1) is 17.5. The number of amides is 2. The molecule has 0 fully saturated rings. The molecule has 6 heteroatoms. The molecule has 0 saturated carbocycles. The minimum absolute atomic E-state index is 0.107. The maximum atomic E-state index is 12.0. The van der Waals surface area contributed by atoms with Crippen LogP contribution in [0.25, 0.3) is 0 Å². The third-order valence-corrected chi connectivity index (χ3v) is 2.98. The normalized spacial score (nSPS) is 10.8. The Morgan fingerprint density at radius 2 is 1.50 bits per heavy atom. The molecule has 2 aromatic rings. The van der Waals surface area contributed by atoms with Crippen LogP contribution in [0.15, 0.2) is 42.6 Å². The molecule has 1 aromatic carbocycles. The van der Waals surface area contributed by atoms with Crippen LogP contribution < -0.4 is 16.0 Å². The fourth-order valence-corrected chi connectivity index (χ4v) is 2.01. The smallest absolute Gasteiger partial charge is 0.270 e. The monoisotopic (exact) mass is 326 g/mol. The zero-order valence-electron chi connectivity index (χ0n) is 14.3. The van der Waals surface area contributed by atoms with Crippen molar-refractivity contribution in [2.75, 3.05) is 10.6 Å². The molecule has 3 N–H and O–H groups in total. The minimum Gasteiger partial charge on any atom is -0.354 e. The second-order valence-corrected chi connectivity index (χ2v) is 6.52. The highest BCUT2D eigenvalue weighted by molar-refractivity contribution is 5.93. The average Bonchev–Trinajstić information content (AvgIpc) is 2.48. The predicted molar refractivity (Wildman–Crippen MR) is 95.5 cm³/mol. The molecule has 0 spiro atoms. The van der Waals surface area contributed by atoms with E-state index in [0.29, 0.717) is 5.69 Å². The van der Waals surface area contributed by atoms with E-state index in [4.69, 9.17) is 0 Å². The third-order valence-electron chi connectivity index (χ3n) is 2.98. The van der Waals surface area contributed by atoms with Gasteiger partial charge in [-0.1, -0.05) is 0 Å². The number of anilines is 3. The maximum absolute atomic E-state index is 12.0. The molecule has 1 heterocycles. The number of hydrogen-bond donors (Lipinski definition) is 3. The summed E-state index contributed by atoms with van der Waals surface area (Å²) in [6.45, 7) is 7.23. The molecule has 126 valence electrons. The first-order chi connectivity index (χ1) is 11.2. The van der Waals surface area contributed by atoms with Crippen LogP contribution >= 0.6 is 0 Å². The molecule has 2 amide bonds. The summed E-state index contributed by atoms with van der Waals surface area (Å²) in [7, 11) is 0. The number of nitrogens with one attached hydrogen (secondary N) is 3. The van der Waals surface area contributed by atoms with Gasteiger partial charge in [-0.25, -0.2) is 4.98 Å². The topological polar surface area (TPSA) is 83.1 Å². The number of carbonyl (C=O) groups excluding carboxylic acids is 2. The second-order valence-electron chi connectivity index (χ2n) is 6.52. The summed E-state index contributed by atoms with van der Waals surface area (Å²) in [5, 5.41) is 8.77. The standard InChI is InChI=1S/C18H22N4O2/c1-12(23)20-13-5-7-14(8-6-13)21-15-9-10-16(19-11-15)17(24)22-18(2,3)4/h5-11,21H,1-4H3,(H,20,23)(H,22,24). The van der Waals surface area contributed by atoms with Gasteiger partial charge in [-0.15, -0.1) is 0 Å². The Kier molecular flexibility index (Phi) is 5.18. The Labute approximate surface area is 141 Å². The number of hydrogen-bond acceptors (Lipinski definition) is 4. The number of pyridine rings is 1. The molecular formula is C18H22N4O2. The van der Waals surface area contributed by atoms with E-state index >= 15 is 0 Å². The van der Waals surface area contributed by atoms with E-state index in [1.165, 1.54) is 6.92 Å². The predicted octanol–water partition coefficient (Wildman–Crippen LogP) is 3.31. The van der Waals surface area contributed by atoms with Gasteiger partial charge in [-0.3, -0.25) is 9.59 Å². The van der Waals surface area contributed by atoms with Crippen molar-refractivity contribution in [3.8, 4) is 0 Å². The molecule has 0 saturated heterocycles. The van der Waals surface area contributed by atoms with Crippen LogP contribution in [0.4, 0.5) is 17.1 Å². The van der Waals surface area contributed by atoms with Crippen molar-refractivity contribution in [1.82, 2.24) is 10.3 Å². The number of carbonyl (C=O) groups is 2. The number of nitrogens with zero attached hydrogens (tertiary/aromatic N) is 1. The zero-order valence-corrected chi connectivity index (χ0v) is 14.3. The van der Waals surface area contributed by atoms with Crippen molar-refractivity contribution >= 4 is 28.9 Å². The van der Waals surface area contributed by atoms with Gasteiger partial charge in [0.1, 0.15) is 5.69 Å². The first-order valence-corrected chi connectivity index (χ1v) is 7.66. The summed E-state index contributed by atoms with van der Waals surface area (Å²) in [5.41, 5.74) is 2.44. The Balaban J connectivity index is 2.01. The van der Waals surface area contributed by atoms with Gasteiger partial charge >= 0.3 is 0 Å². The van der Waals surface area contributed by atoms with Crippen molar-refractivity contribution in [3.63, 3.8) is 0 Å². The van der Waals surface area contributed by atoms with E-state index in [2.05, 4.69) is 20.9 Å². The van der Waals surface area contributed by atoms with E-state index in [0.717, 1.165) is 17.1 Å². The van der Waals surface area contributed by atoms with Crippen molar-refractivity contribution < 1.29 is 9.59 Å². The van der Waals surface area contributed by atoms with E-state index < -0.39 is 0 Å². The fraction of sp³-hybridized carbons (Fsp3) is 0.278. The van der Waals surface area contributed by atoms with Gasteiger partial charge in [-0.2, -0.15) is 0 Å². The van der Waals surface area contributed by atoms with Crippen molar-refractivity contribution in [2.24, 2.45) is 0 Å². The molecule has 0 atom stereocenters. The molecule has 1 aromatic heterocycles. The summed E-state index contributed by atoms with van der Waals surface area (Å²) in [6, 6.07) is 10.8. The molecule has 0 radical (unpaired) electrons. The van der Waals surface area contributed by atoms with E-state index in [-0.39, 0.29) is 17.4 Å². The lowest BCUT2D eigenvalue weighted by molar-refractivity contribution is -0.114. The van der Waals surface area contributed by atoms with Crippen LogP contribution in [0.3, 0.4) is 0 Å². The van der Waals surface area contributed by atoms with Crippen molar-refractivity contribution in [3.05, 3.63) is 48.3 Å². The van der Waals surface area contributed by atoms with Crippen molar-refractivity contribution in [2.45, 2.75) is 33.2 Å². The summed E-state index contributed by atoms with van der Waals surface area (Å²) in [4.78, 5) is 27.2. The van der Waals surface area contributed by atoms with Crippen molar-refractivity contribution in [1.29, 1.82) is 0 Å². The fourth-order valence-electron chi connectivity index (χ4n) is 2.01. The molecule has 0 aliphatic rings. The molecule has 24 heavy (non-hydrogen) atoms. The summed E-state index contributed by atoms with van der Waals surface area (Å²) >= 11 is 0. The lowest BCUT2D eigenvalue weighted by Crippen LogP contribution is -2.40. The Morgan fingerprint density at radius 1 is 0.917 bits per heavy atom. The van der Waals surface area contributed by atoms with Gasteiger partial charge in [0.2, 0.25) is 5.91 Å². The summed E-state index contributed by atoms with van der Waals surface area (Å²) < 4.78 is 0. The van der Waals surface area contributed by atoms with Gasteiger partial charge in [0, 0.05) is 23.8 Å². The van der Waals surface area contributed by atoms with Crippen LogP contribution in [0, 0.1) is 0 Å². The van der Waals surface area contributed by atoms with Gasteiger partial charge in [0.05, 0.1) is 11.9 Å². The van der Waals surface area contributed by atoms with Gasteiger partial charge < -0.3 is 16.0 Å². The summed E-state index contributed by atoms with van der Waals surface area (Å²) in [5.74, 6) is -0.308. The van der Waals surface area contributed by atoms with E-state index in [1.807, 2.05) is 45.0 Å². The molecular weight excluding hydrogens is 304 g/mol. The highest BCUT2D eigenvalue weighted by atomic mass is 16.2. The van der Waals surface area contributed by atoms with Crippen LogP contribution in [-0.4, -0.2) is 22.3 Å². The van der Waals surface area contributed by atoms with Gasteiger partial charge in [0.25, 0.3) is 5.91 Å². The number of benzene rings is 1. The van der Waals surface area contributed by atoms with Crippen LogP contribution in [0.1, 0.15) is 38.2 Å². The SMILES string of the molecule is CC(=O)Nc1ccc(Nc2ccc(C(=O)NC(C)(C)C)nc2)cc1. The lowest BCUT2D eigenvalue weighted by atomic mass is 10.1. The van der Waals surface area contributed by atoms with Gasteiger partial charge in [-0.05, 0) is 57.2 Å². The Hall–Kier alpha value is -2.89. The molecule has 0 aliphatic carbocycles. The van der Waals surface area contributed by atoms with Crippen LogP contribution in [0.2, 0.25) is 0 Å². The molecule has 6 nitrogen and oxygen atoms in total. The largest absolute Gasteiger partial charge is 0.354 e. The van der Waals surface area contributed by atoms with E-state index in [9.17, 15) is 9.59 Å². The number of aromatic nitrogens is 1. The second kappa shape index (κ2) is 7.12. The maximum Gasteiger partial charge on any atom is 0.270 e. The first-order valence-electron chi connectivity index (χ1n) is 7.66. The molecule has 0 unspecified atom stereocenters. The summed E-state index contributed by atoms with van der Waals surface area (Å²) in [6.07, 6.45) is 1.61. The molecule has 0 bridgehead atoms.